The van der Waals surface area contributed by atoms with E-state index in [4.69, 9.17) is 2.82 Å². The number of nitrogens with two attached hydrogens (primary N) is 1. The Morgan fingerprint density at radius 1 is 1.38 bits per heavy atom. The summed E-state index contributed by atoms with van der Waals surface area (Å²) in [7, 11) is 0. The molecule has 0 radical (unpaired) electrons. The average molecular weight is 109 g/mol. The van der Waals surface area contributed by atoms with Gasteiger partial charge in [0, 0.05) is 5.69 Å². The van der Waals surface area contributed by atoms with Crippen molar-refractivity contribution < 1.29 is 2.82 Å². The van der Waals surface area contributed by atoms with E-state index in [0.29, 0.717) is 11.4 Å². The lowest BCUT2D eigenvalue weighted by Crippen LogP contribution is -1.81. The second-order valence-electron chi connectivity index (χ2n) is 1.84. The molecule has 0 aliphatic carbocycles. The summed E-state index contributed by atoms with van der Waals surface area (Å²) >= 11 is 0. The van der Waals surface area contributed by atoms with E-state index in [1.807, 2.05) is 19.1 Å². The standard InChI is InChI=1S/C7H9N/c1-6-2-4-7(8)5-3-6/h2-5H,8H2,1H3/i/hD2. The van der Waals surface area contributed by atoms with Crippen LogP contribution in [-0.4, -0.2) is 0 Å². The number of aryl methyl sites for hydroxylation is 1. The van der Waals surface area contributed by atoms with E-state index in [1.165, 1.54) is 0 Å². The molecule has 1 heteroatoms. The predicted molar refractivity (Wildman–Crippen MR) is 35.6 cm³/mol. The number of hydrogen-bond acceptors (Lipinski definition) is 1. The highest BCUT2D eigenvalue weighted by molar-refractivity contribution is 5.38. The first-order valence-electron chi connectivity index (χ1n) is 3.44. The van der Waals surface area contributed by atoms with Gasteiger partial charge in [-0.05, 0) is 19.1 Å². The molecule has 8 heavy (non-hydrogen) atoms. The third-order valence-corrected chi connectivity index (χ3v) is 1.03. The lowest BCUT2D eigenvalue weighted by Gasteiger charge is -1.90. The van der Waals surface area contributed by atoms with Gasteiger partial charge in [0.15, 0.2) is 2.82 Å². The summed E-state index contributed by atoms with van der Waals surface area (Å²) in [6.07, 6.45) is 0. The number of rotatable bonds is 1. The van der Waals surface area contributed by atoms with Crippen LogP contribution in [0.3, 0.4) is 0 Å². The Morgan fingerprint density at radius 2 is 2.00 bits per heavy atom. The Morgan fingerprint density at radius 3 is 2.50 bits per heavy atom. The Kier molecular flexibility index (Phi) is 0.729. The zero-order chi connectivity index (χ0) is 7.56. The maximum absolute atomic E-state index is 6.89. The molecule has 0 aliphatic heterocycles. The Bertz CT molecular complexity index is 205. The molecule has 1 aromatic carbocycles. The first kappa shape index (κ1) is 3.13. The summed E-state index contributed by atoms with van der Waals surface area (Å²) in [6, 6.07) is 7.25. The number of hydrogen-bond donors (Lipinski definition) is 1. The average Bonchev–Trinajstić information content (AvgIpc) is 1.88. The summed E-state index contributed by atoms with van der Waals surface area (Å²) in [5.41, 5.74) is 2.33. The van der Waals surface area contributed by atoms with Crippen molar-refractivity contribution in [3.63, 3.8) is 0 Å². The molecule has 1 rings (SSSR count). The van der Waals surface area contributed by atoms with Gasteiger partial charge in [0.2, 0.25) is 0 Å². The molecule has 0 fully saturated rings. The van der Waals surface area contributed by atoms with Gasteiger partial charge in [-0.3, -0.25) is 0 Å². The monoisotopic (exact) mass is 109 g/mol. The van der Waals surface area contributed by atoms with Crippen molar-refractivity contribution in [2.75, 3.05) is 5.72 Å². The predicted octanol–water partition coefficient (Wildman–Crippen LogP) is 1.58. The molecule has 42 valence electrons. The van der Waals surface area contributed by atoms with Crippen LogP contribution in [0, 0.1) is 6.92 Å². The van der Waals surface area contributed by atoms with Crippen molar-refractivity contribution >= 4 is 5.69 Å². The van der Waals surface area contributed by atoms with E-state index in [0.717, 1.165) is 5.56 Å². The highest BCUT2D eigenvalue weighted by atomic mass is 14.5. The molecule has 0 amide bonds. The molecular weight excluding hydrogens is 98.1 g/mol. The third-order valence-electron chi connectivity index (χ3n) is 1.03. The van der Waals surface area contributed by atoms with Gasteiger partial charge in [-0.2, -0.15) is 0 Å². The van der Waals surface area contributed by atoms with Crippen LogP contribution in [0.5, 0.6) is 0 Å². The summed E-state index contributed by atoms with van der Waals surface area (Å²) < 4.78 is 13.8. The molecule has 0 spiro atoms. The van der Waals surface area contributed by atoms with Gasteiger partial charge >= 0.3 is 0 Å². The van der Waals surface area contributed by atoms with Gasteiger partial charge in [0.05, 0.1) is 0 Å². The summed E-state index contributed by atoms with van der Waals surface area (Å²) in [5, 5.41) is 0. The fourth-order valence-corrected chi connectivity index (χ4v) is 0.545. The van der Waals surface area contributed by atoms with Crippen LogP contribution in [0.4, 0.5) is 5.69 Å². The van der Waals surface area contributed by atoms with Crippen LogP contribution in [0.2, 0.25) is 2.82 Å². The largest absolute Gasteiger partial charge is 0.399 e. The molecule has 0 heterocycles. The summed E-state index contributed by atoms with van der Waals surface area (Å²) in [4.78, 5) is 0. The third kappa shape index (κ3) is 0.997. The molecule has 0 aliphatic rings. The van der Waals surface area contributed by atoms with Crippen molar-refractivity contribution in [3.8, 4) is 0 Å². The maximum Gasteiger partial charge on any atom is 0.156 e. The lowest BCUT2D eigenvalue weighted by atomic mass is 10.2. The number of benzene rings is 1. The molecule has 0 saturated heterocycles. The normalized spacial score (nSPS) is 12.1. The zero-order valence-electron chi connectivity index (χ0n) is 6.76. The molecule has 1 aromatic rings. The Labute approximate surface area is 52.1 Å². The Hall–Kier alpha value is -0.980. The van der Waals surface area contributed by atoms with Gasteiger partial charge in [-0.15, -0.1) is 0 Å². The second-order valence-corrected chi connectivity index (χ2v) is 1.84. The smallest absolute Gasteiger partial charge is 0.156 e. The van der Waals surface area contributed by atoms with E-state index in [2.05, 4.69) is 0 Å². The topological polar surface area (TPSA) is 26.0 Å². The van der Waals surface area contributed by atoms with Crippen LogP contribution in [-0.2, 0) is 0 Å². The summed E-state index contributed by atoms with van der Waals surface area (Å²) in [6.45, 7) is 1.97. The quantitative estimate of drug-likeness (QED) is 0.544. The van der Waals surface area contributed by atoms with Crippen LogP contribution < -0.4 is 5.72 Å². The minimum atomic E-state index is 0.589. The molecule has 0 bridgehead atoms. The Balaban J connectivity index is 2.89. The van der Waals surface area contributed by atoms with Crippen LogP contribution >= 0.6 is 0 Å². The van der Waals surface area contributed by atoms with Crippen molar-refractivity contribution in [2.24, 2.45) is 0 Å². The van der Waals surface area contributed by atoms with E-state index < -0.39 is 0 Å². The van der Waals surface area contributed by atoms with Crippen LogP contribution in [0.25, 0.3) is 0 Å². The molecule has 1 nitrogen and oxygen atoms in total. The highest BCUT2D eigenvalue weighted by Crippen LogP contribution is 2.02. The first-order chi connectivity index (χ1) is 4.70. The molecule has 0 unspecified atom stereocenters. The fraction of sp³-hybridized carbons (Fsp3) is 0.143. The maximum atomic E-state index is 6.89. The van der Waals surface area contributed by atoms with Crippen molar-refractivity contribution in [1.29, 1.82) is 0 Å². The van der Waals surface area contributed by atoms with E-state index in [1.54, 1.807) is 12.1 Å². The zero-order valence-corrected chi connectivity index (χ0v) is 4.76. The molecule has 0 saturated carbocycles. The molecule has 0 aromatic heterocycles. The number of nitrogen functional groups attached to an aromatic ring is 1. The van der Waals surface area contributed by atoms with Crippen LogP contribution in [0.1, 0.15) is 5.56 Å². The van der Waals surface area contributed by atoms with E-state index in [-0.39, 0.29) is 0 Å². The van der Waals surface area contributed by atoms with E-state index in [9.17, 15) is 0 Å². The number of anilines is 1. The van der Waals surface area contributed by atoms with Crippen molar-refractivity contribution in [2.45, 2.75) is 6.92 Å². The first-order valence-corrected chi connectivity index (χ1v) is 2.54. The van der Waals surface area contributed by atoms with Crippen molar-refractivity contribution in [1.82, 2.24) is 0 Å². The fourth-order valence-electron chi connectivity index (χ4n) is 0.545. The van der Waals surface area contributed by atoms with Gasteiger partial charge < -0.3 is 5.72 Å². The van der Waals surface area contributed by atoms with Crippen molar-refractivity contribution in [3.05, 3.63) is 29.8 Å². The van der Waals surface area contributed by atoms with Gasteiger partial charge in [-0.1, -0.05) is 17.7 Å². The molecule has 2 N–H and O–H groups in total. The highest BCUT2D eigenvalue weighted by Gasteiger charge is 1.80. The SMILES string of the molecule is [2H]N([2H])c1ccc(C)cc1. The van der Waals surface area contributed by atoms with Gasteiger partial charge in [0.1, 0.15) is 0 Å². The van der Waals surface area contributed by atoms with Gasteiger partial charge in [-0.25, -0.2) is 0 Å². The van der Waals surface area contributed by atoms with Gasteiger partial charge in [0.25, 0.3) is 0 Å². The van der Waals surface area contributed by atoms with Crippen LogP contribution in [0.15, 0.2) is 24.3 Å². The molecular formula is C7H9N. The van der Waals surface area contributed by atoms with E-state index >= 15 is 0 Å². The summed E-state index contributed by atoms with van der Waals surface area (Å²) in [5.74, 6) is 0. The second kappa shape index (κ2) is 1.86. The minimum Gasteiger partial charge on any atom is -0.399 e. The lowest BCUT2D eigenvalue weighted by molar-refractivity contribution is 1.47. The minimum absolute atomic E-state index is 0.589. The molecule has 0 atom stereocenters.